The van der Waals surface area contributed by atoms with Gasteiger partial charge in [0.05, 0.1) is 12.4 Å². The molecular formula is C7H12O4S. The quantitative estimate of drug-likeness (QED) is 0.480. The molecule has 0 bridgehead atoms. The number of ether oxygens (including phenoxy) is 1. The number of rotatable bonds is 4. The number of hydrogen-bond donors (Lipinski definition) is 0. The van der Waals surface area contributed by atoms with Gasteiger partial charge in [-0.15, -0.1) is 0 Å². The van der Waals surface area contributed by atoms with Crippen LogP contribution in [0.1, 0.15) is 13.8 Å². The van der Waals surface area contributed by atoms with Crippen molar-refractivity contribution >= 4 is 15.8 Å². The first-order chi connectivity index (χ1) is 5.45. The first-order valence-electron chi connectivity index (χ1n) is 3.54. The summed E-state index contributed by atoms with van der Waals surface area (Å²) < 4.78 is 26.5. The maximum Gasteiger partial charge on any atom is 0.349 e. The molecule has 0 unspecified atom stereocenters. The van der Waals surface area contributed by atoms with Gasteiger partial charge in [-0.2, -0.15) is 0 Å². The third-order valence-corrected chi connectivity index (χ3v) is 2.94. The zero-order valence-corrected chi connectivity index (χ0v) is 7.98. The minimum atomic E-state index is -3.49. The minimum Gasteiger partial charge on any atom is -0.462 e. The van der Waals surface area contributed by atoms with E-state index in [1.54, 1.807) is 6.92 Å². The second-order valence-electron chi connectivity index (χ2n) is 2.05. The predicted octanol–water partition coefficient (Wildman–Crippen LogP) is 0.498. The first kappa shape index (κ1) is 11.2. The van der Waals surface area contributed by atoms with E-state index in [0.717, 1.165) is 0 Å². The summed E-state index contributed by atoms with van der Waals surface area (Å²) in [4.78, 5) is 10.4. The van der Waals surface area contributed by atoms with E-state index < -0.39 is 20.7 Å². The van der Waals surface area contributed by atoms with Gasteiger partial charge in [0.1, 0.15) is 4.91 Å². The van der Waals surface area contributed by atoms with E-state index in [4.69, 9.17) is 0 Å². The Labute approximate surface area is 72.1 Å². The summed E-state index contributed by atoms with van der Waals surface area (Å²) in [5, 5.41) is 0. The van der Waals surface area contributed by atoms with Crippen molar-refractivity contribution in [3.05, 3.63) is 11.5 Å². The van der Waals surface area contributed by atoms with Gasteiger partial charge in [-0.25, -0.2) is 13.2 Å². The SMILES string of the molecule is C=C(C(=O)OCC)S(=O)(=O)CC. The predicted molar refractivity (Wildman–Crippen MR) is 45.2 cm³/mol. The van der Waals surface area contributed by atoms with Gasteiger partial charge in [-0.1, -0.05) is 13.5 Å². The van der Waals surface area contributed by atoms with E-state index in [0.29, 0.717) is 0 Å². The highest BCUT2D eigenvalue weighted by molar-refractivity contribution is 7.96. The van der Waals surface area contributed by atoms with E-state index in [9.17, 15) is 13.2 Å². The van der Waals surface area contributed by atoms with Gasteiger partial charge in [0.2, 0.25) is 0 Å². The van der Waals surface area contributed by atoms with Gasteiger partial charge in [0.25, 0.3) is 0 Å². The second kappa shape index (κ2) is 4.25. The second-order valence-corrected chi connectivity index (χ2v) is 4.35. The molecule has 5 heteroatoms. The molecule has 0 heterocycles. The van der Waals surface area contributed by atoms with Crippen LogP contribution >= 0.6 is 0 Å². The average molecular weight is 192 g/mol. The standard InChI is InChI=1S/C7H12O4S/c1-4-11-7(8)6(3)12(9,10)5-2/h3-5H2,1-2H3. The van der Waals surface area contributed by atoms with Gasteiger partial charge in [0, 0.05) is 0 Å². The van der Waals surface area contributed by atoms with E-state index in [-0.39, 0.29) is 12.4 Å². The van der Waals surface area contributed by atoms with Crippen molar-refractivity contribution in [2.24, 2.45) is 0 Å². The lowest BCUT2D eigenvalue weighted by Gasteiger charge is -2.03. The topological polar surface area (TPSA) is 60.4 Å². The van der Waals surface area contributed by atoms with Crippen molar-refractivity contribution in [1.29, 1.82) is 0 Å². The van der Waals surface area contributed by atoms with Crippen LogP contribution in [0, 0.1) is 0 Å². The van der Waals surface area contributed by atoms with Gasteiger partial charge < -0.3 is 4.74 Å². The van der Waals surface area contributed by atoms with Crippen LogP contribution in [0.2, 0.25) is 0 Å². The molecule has 0 aromatic carbocycles. The molecule has 70 valence electrons. The van der Waals surface area contributed by atoms with E-state index in [2.05, 4.69) is 11.3 Å². The van der Waals surface area contributed by atoms with Gasteiger partial charge >= 0.3 is 5.97 Å². The fourth-order valence-electron chi connectivity index (χ4n) is 0.513. The molecule has 0 saturated carbocycles. The van der Waals surface area contributed by atoms with Crippen molar-refractivity contribution in [1.82, 2.24) is 0 Å². The summed E-state index contributed by atoms with van der Waals surface area (Å²) in [7, 11) is -3.49. The molecule has 0 N–H and O–H groups in total. The lowest BCUT2D eigenvalue weighted by Crippen LogP contribution is -2.16. The molecule has 0 fully saturated rings. The van der Waals surface area contributed by atoms with Crippen molar-refractivity contribution < 1.29 is 17.9 Å². The fourth-order valence-corrected chi connectivity index (χ4v) is 1.17. The van der Waals surface area contributed by atoms with Crippen molar-refractivity contribution in [3.8, 4) is 0 Å². The number of carbonyl (C=O) groups excluding carboxylic acids is 1. The van der Waals surface area contributed by atoms with Gasteiger partial charge in [-0.05, 0) is 6.92 Å². The van der Waals surface area contributed by atoms with E-state index in [1.807, 2.05) is 0 Å². The molecule has 0 spiro atoms. The van der Waals surface area contributed by atoms with E-state index >= 15 is 0 Å². The van der Waals surface area contributed by atoms with Crippen molar-refractivity contribution in [2.75, 3.05) is 12.4 Å². The maximum absolute atomic E-state index is 11.0. The van der Waals surface area contributed by atoms with Crippen LogP contribution in [0.5, 0.6) is 0 Å². The Bertz CT molecular complexity index is 276. The normalized spacial score (nSPS) is 10.8. The maximum atomic E-state index is 11.0. The van der Waals surface area contributed by atoms with Crippen LogP contribution < -0.4 is 0 Å². The molecule has 0 atom stereocenters. The minimum absolute atomic E-state index is 0.134. The highest BCUT2D eigenvalue weighted by Gasteiger charge is 2.21. The summed E-state index contributed by atoms with van der Waals surface area (Å²) in [5.74, 6) is -0.996. The van der Waals surface area contributed by atoms with Crippen molar-refractivity contribution in [2.45, 2.75) is 13.8 Å². The highest BCUT2D eigenvalue weighted by Crippen LogP contribution is 2.06. The molecule has 0 aromatic heterocycles. The molecule has 0 rings (SSSR count). The Morgan fingerprint density at radius 1 is 1.42 bits per heavy atom. The fraction of sp³-hybridized carbons (Fsp3) is 0.571. The smallest absolute Gasteiger partial charge is 0.349 e. The Kier molecular flexibility index (Phi) is 3.95. The zero-order valence-electron chi connectivity index (χ0n) is 7.16. The molecule has 0 aromatic rings. The van der Waals surface area contributed by atoms with Crippen LogP contribution in [0.4, 0.5) is 0 Å². The Hall–Kier alpha value is -0.840. The lowest BCUT2D eigenvalue weighted by molar-refractivity contribution is -0.137. The molecule has 0 saturated heterocycles. The summed E-state index contributed by atoms with van der Waals surface area (Å²) in [6.07, 6.45) is 0. The molecule has 0 aliphatic rings. The zero-order chi connectivity index (χ0) is 9.78. The number of esters is 1. The largest absolute Gasteiger partial charge is 0.462 e. The molecule has 0 radical (unpaired) electrons. The highest BCUT2D eigenvalue weighted by atomic mass is 32.2. The van der Waals surface area contributed by atoms with Crippen molar-refractivity contribution in [3.63, 3.8) is 0 Å². The number of sulfone groups is 1. The molecule has 0 amide bonds. The summed E-state index contributed by atoms with van der Waals surface area (Å²) >= 11 is 0. The summed E-state index contributed by atoms with van der Waals surface area (Å²) in [6.45, 7) is 6.35. The lowest BCUT2D eigenvalue weighted by atomic mass is 10.6. The Morgan fingerprint density at radius 3 is 2.25 bits per heavy atom. The molecule has 4 nitrogen and oxygen atoms in total. The van der Waals surface area contributed by atoms with Crippen LogP contribution in [0.25, 0.3) is 0 Å². The van der Waals surface area contributed by atoms with Gasteiger partial charge in [-0.3, -0.25) is 0 Å². The third-order valence-electron chi connectivity index (χ3n) is 1.26. The van der Waals surface area contributed by atoms with Crippen LogP contribution in [0.3, 0.4) is 0 Å². The van der Waals surface area contributed by atoms with Gasteiger partial charge in [0.15, 0.2) is 9.84 Å². The monoisotopic (exact) mass is 192 g/mol. The summed E-state index contributed by atoms with van der Waals surface area (Å²) in [6, 6.07) is 0. The first-order valence-corrected chi connectivity index (χ1v) is 5.19. The number of hydrogen-bond acceptors (Lipinski definition) is 4. The molecule has 12 heavy (non-hydrogen) atoms. The molecule has 0 aliphatic heterocycles. The van der Waals surface area contributed by atoms with Crippen LogP contribution in [-0.2, 0) is 19.4 Å². The summed E-state index contributed by atoms with van der Waals surface area (Å²) in [5.41, 5.74) is 0. The molecular weight excluding hydrogens is 180 g/mol. The molecule has 0 aliphatic carbocycles. The van der Waals surface area contributed by atoms with Crippen LogP contribution in [0.15, 0.2) is 11.5 Å². The Morgan fingerprint density at radius 2 is 1.92 bits per heavy atom. The number of carbonyl (C=O) groups is 1. The van der Waals surface area contributed by atoms with Crippen LogP contribution in [-0.4, -0.2) is 26.7 Å². The van der Waals surface area contributed by atoms with E-state index in [1.165, 1.54) is 6.92 Å². The Balaban J connectivity index is 4.52. The average Bonchev–Trinajstić information content (AvgIpc) is 2.03. The third kappa shape index (κ3) is 2.65.